The van der Waals surface area contributed by atoms with Crippen molar-refractivity contribution in [3.05, 3.63) is 119 Å². The Kier molecular flexibility index (Phi) is 5.46. The number of para-hydroxylation sites is 2. The number of urea groups is 1. The van der Waals surface area contributed by atoms with Crippen LogP contribution in [0.3, 0.4) is 0 Å². The number of aromatic nitrogens is 1. The van der Waals surface area contributed by atoms with E-state index in [2.05, 4.69) is 65.5 Å². The molecular formula is C27H24ClN3O. The van der Waals surface area contributed by atoms with Gasteiger partial charge in [-0.2, -0.15) is 0 Å². The quantitative estimate of drug-likeness (QED) is 0.371. The molecule has 0 aliphatic carbocycles. The number of aryl methyl sites for hydroxylation is 1. The molecule has 32 heavy (non-hydrogen) atoms. The molecule has 5 heteroatoms. The van der Waals surface area contributed by atoms with Crippen molar-refractivity contribution in [3.8, 4) is 5.69 Å². The Morgan fingerprint density at radius 3 is 2.50 bits per heavy atom. The number of rotatable bonds is 3. The molecule has 1 aliphatic heterocycles. The number of hydrogen-bond acceptors (Lipinski definition) is 1. The van der Waals surface area contributed by atoms with E-state index in [0.717, 1.165) is 28.9 Å². The molecule has 1 aliphatic rings. The maximum Gasteiger partial charge on any atom is 0.323 e. The van der Waals surface area contributed by atoms with Crippen molar-refractivity contribution in [1.82, 2.24) is 9.47 Å². The number of benzene rings is 3. The van der Waals surface area contributed by atoms with Gasteiger partial charge in [0, 0.05) is 11.9 Å². The summed E-state index contributed by atoms with van der Waals surface area (Å²) in [4.78, 5) is 15.6. The predicted molar refractivity (Wildman–Crippen MR) is 129 cm³/mol. The Morgan fingerprint density at radius 2 is 1.72 bits per heavy atom. The van der Waals surface area contributed by atoms with Crippen molar-refractivity contribution in [2.24, 2.45) is 0 Å². The molecule has 1 atom stereocenters. The predicted octanol–water partition coefficient (Wildman–Crippen LogP) is 6.83. The summed E-state index contributed by atoms with van der Waals surface area (Å²) in [5.74, 6) is 0. The van der Waals surface area contributed by atoms with Crippen LogP contribution >= 0.6 is 11.6 Å². The van der Waals surface area contributed by atoms with E-state index in [1.54, 1.807) is 6.07 Å². The molecule has 0 fully saturated rings. The third kappa shape index (κ3) is 3.67. The van der Waals surface area contributed by atoms with Crippen LogP contribution in [0.4, 0.5) is 10.5 Å². The smallest absolute Gasteiger partial charge is 0.318 e. The van der Waals surface area contributed by atoms with E-state index in [1.165, 1.54) is 5.56 Å². The molecule has 0 saturated heterocycles. The summed E-state index contributed by atoms with van der Waals surface area (Å²) in [7, 11) is 0. The number of nitrogens with one attached hydrogen (secondary N) is 1. The number of fused-ring (bicyclic) bond motifs is 3. The molecular weight excluding hydrogens is 418 g/mol. The van der Waals surface area contributed by atoms with Crippen molar-refractivity contribution >= 4 is 23.3 Å². The summed E-state index contributed by atoms with van der Waals surface area (Å²) >= 11 is 6.33. The summed E-state index contributed by atoms with van der Waals surface area (Å²) in [5.41, 5.74) is 6.18. The molecule has 0 bridgehead atoms. The monoisotopic (exact) mass is 441 g/mol. The van der Waals surface area contributed by atoms with Crippen molar-refractivity contribution in [2.45, 2.75) is 25.9 Å². The van der Waals surface area contributed by atoms with Gasteiger partial charge in [0.1, 0.15) is 0 Å². The van der Waals surface area contributed by atoms with E-state index in [1.807, 2.05) is 41.3 Å². The first-order valence-electron chi connectivity index (χ1n) is 10.8. The van der Waals surface area contributed by atoms with Crippen LogP contribution in [0.5, 0.6) is 0 Å². The maximum absolute atomic E-state index is 13.7. The van der Waals surface area contributed by atoms with Gasteiger partial charge in [-0.15, -0.1) is 0 Å². The first-order chi connectivity index (χ1) is 15.7. The first kappa shape index (κ1) is 20.4. The van der Waals surface area contributed by atoms with Gasteiger partial charge in [0.25, 0.3) is 0 Å². The number of nitrogens with zero attached hydrogens (tertiary/aromatic N) is 2. The Hall–Kier alpha value is -3.50. The van der Waals surface area contributed by atoms with E-state index >= 15 is 0 Å². The van der Waals surface area contributed by atoms with Crippen LogP contribution < -0.4 is 5.32 Å². The molecule has 0 radical (unpaired) electrons. The van der Waals surface area contributed by atoms with E-state index < -0.39 is 0 Å². The van der Waals surface area contributed by atoms with Crippen LogP contribution in [0, 0.1) is 0 Å². The highest BCUT2D eigenvalue weighted by atomic mass is 35.5. The van der Waals surface area contributed by atoms with Gasteiger partial charge in [-0.3, -0.25) is 0 Å². The van der Waals surface area contributed by atoms with Gasteiger partial charge in [-0.1, -0.05) is 73.1 Å². The molecule has 1 N–H and O–H groups in total. The molecule has 0 spiro atoms. The zero-order chi connectivity index (χ0) is 22.1. The van der Waals surface area contributed by atoms with Gasteiger partial charge in [0.2, 0.25) is 0 Å². The maximum atomic E-state index is 13.7. The molecule has 160 valence electrons. The van der Waals surface area contributed by atoms with Gasteiger partial charge in [0.15, 0.2) is 0 Å². The minimum atomic E-state index is -0.245. The summed E-state index contributed by atoms with van der Waals surface area (Å²) in [5, 5.41) is 3.55. The molecule has 0 saturated carbocycles. The standard InChI is InChI=1S/C27H24ClN3O/c1-2-19-13-15-20(16-14-19)26-25-12-7-17-30(25)24-11-6-3-8-21(24)18-31(26)27(32)29-23-10-5-4-9-22(23)28/h3-17,26H,2,18H2,1H3,(H,29,32)/t26-/m1/s1. The lowest BCUT2D eigenvalue weighted by molar-refractivity contribution is 0.194. The molecule has 5 rings (SSSR count). The molecule has 0 unspecified atom stereocenters. The summed E-state index contributed by atoms with van der Waals surface area (Å²) in [6, 6.07) is 27.8. The zero-order valence-electron chi connectivity index (χ0n) is 17.8. The van der Waals surface area contributed by atoms with Gasteiger partial charge in [0.05, 0.1) is 29.0 Å². The number of carbonyl (C=O) groups excluding carboxylic acids is 1. The van der Waals surface area contributed by atoms with Gasteiger partial charge >= 0.3 is 6.03 Å². The number of hydrogen-bond donors (Lipinski definition) is 1. The number of halogens is 1. The number of anilines is 1. The lowest BCUT2D eigenvalue weighted by Gasteiger charge is -2.31. The van der Waals surface area contributed by atoms with Crippen molar-refractivity contribution in [3.63, 3.8) is 0 Å². The lowest BCUT2D eigenvalue weighted by atomic mass is 10.00. The molecule has 2 heterocycles. The summed E-state index contributed by atoms with van der Waals surface area (Å²) < 4.78 is 2.19. The van der Waals surface area contributed by atoms with Crippen LogP contribution in [0.2, 0.25) is 5.02 Å². The SMILES string of the molecule is CCc1ccc([C@@H]2c3cccn3-c3ccccc3CN2C(=O)Nc2ccccc2Cl)cc1. The third-order valence-corrected chi connectivity index (χ3v) is 6.37. The highest BCUT2D eigenvalue weighted by Gasteiger charge is 2.33. The van der Waals surface area contributed by atoms with E-state index in [4.69, 9.17) is 11.6 Å². The van der Waals surface area contributed by atoms with Gasteiger partial charge in [-0.05, 0) is 53.4 Å². The second kappa shape index (κ2) is 8.56. The number of carbonyl (C=O) groups is 1. The van der Waals surface area contributed by atoms with Crippen LogP contribution in [0.25, 0.3) is 5.69 Å². The Labute approximate surface area is 193 Å². The fourth-order valence-electron chi connectivity index (χ4n) is 4.38. The van der Waals surface area contributed by atoms with Crippen LogP contribution in [0.15, 0.2) is 91.1 Å². The lowest BCUT2D eigenvalue weighted by Crippen LogP contribution is -2.38. The minimum absolute atomic E-state index is 0.188. The molecule has 1 aromatic heterocycles. The Bertz CT molecular complexity index is 1260. The highest BCUT2D eigenvalue weighted by molar-refractivity contribution is 6.33. The molecule has 4 aromatic rings. The van der Waals surface area contributed by atoms with Crippen molar-refractivity contribution in [2.75, 3.05) is 5.32 Å². The normalized spacial score (nSPS) is 14.9. The van der Waals surface area contributed by atoms with Crippen LogP contribution in [-0.2, 0) is 13.0 Å². The largest absolute Gasteiger partial charge is 0.323 e. The van der Waals surface area contributed by atoms with Crippen LogP contribution in [0.1, 0.15) is 35.3 Å². The van der Waals surface area contributed by atoms with Crippen LogP contribution in [-0.4, -0.2) is 15.5 Å². The zero-order valence-corrected chi connectivity index (χ0v) is 18.6. The molecule has 2 amide bonds. The van der Waals surface area contributed by atoms with Gasteiger partial charge < -0.3 is 14.8 Å². The number of amides is 2. The summed E-state index contributed by atoms with van der Waals surface area (Å²) in [6.07, 6.45) is 3.04. The van der Waals surface area contributed by atoms with Crippen molar-refractivity contribution in [1.29, 1.82) is 0 Å². The molecule has 4 nitrogen and oxygen atoms in total. The second-order valence-corrected chi connectivity index (χ2v) is 8.37. The fraction of sp³-hybridized carbons (Fsp3) is 0.148. The Balaban J connectivity index is 1.63. The minimum Gasteiger partial charge on any atom is -0.318 e. The van der Waals surface area contributed by atoms with E-state index in [-0.39, 0.29) is 12.1 Å². The fourth-order valence-corrected chi connectivity index (χ4v) is 4.56. The Morgan fingerprint density at radius 1 is 0.969 bits per heavy atom. The topological polar surface area (TPSA) is 37.3 Å². The van der Waals surface area contributed by atoms with Gasteiger partial charge in [-0.25, -0.2) is 4.79 Å². The second-order valence-electron chi connectivity index (χ2n) is 7.97. The highest BCUT2D eigenvalue weighted by Crippen LogP contribution is 2.37. The molecule has 3 aromatic carbocycles. The third-order valence-electron chi connectivity index (χ3n) is 6.04. The van der Waals surface area contributed by atoms with E-state index in [9.17, 15) is 4.79 Å². The average molecular weight is 442 g/mol. The first-order valence-corrected chi connectivity index (χ1v) is 11.2. The van der Waals surface area contributed by atoms with Crippen molar-refractivity contribution < 1.29 is 4.79 Å². The average Bonchev–Trinajstić information content (AvgIpc) is 3.25. The summed E-state index contributed by atoms with van der Waals surface area (Å²) in [6.45, 7) is 2.63. The van der Waals surface area contributed by atoms with E-state index in [0.29, 0.717) is 17.3 Å².